The molecule has 2 nitrogen and oxygen atoms in total. The SMILES string of the molecule is CC1=Cc2c(cccc2C2=C(C(N)=O)C=CCC2=[Si](C)C)C1. The fourth-order valence-corrected chi connectivity index (χ4v) is 4.66. The Labute approximate surface area is 133 Å². The largest absolute Gasteiger partial charge is 0.366 e. The molecule has 0 unspecified atom stereocenters. The number of carbonyl (C=O) groups excluding carboxylic acids is 1. The highest BCUT2D eigenvalue weighted by Gasteiger charge is 2.23. The molecule has 2 N–H and O–H groups in total. The summed E-state index contributed by atoms with van der Waals surface area (Å²) in [6, 6.07) is 6.41. The van der Waals surface area contributed by atoms with Crippen molar-refractivity contribution in [2.45, 2.75) is 32.9 Å². The summed E-state index contributed by atoms with van der Waals surface area (Å²) in [6.45, 7) is 6.72. The van der Waals surface area contributed by atoms with Gasteiger partial charge in [-0.2, -0.15) is 0 Å². The standard InChI is InChI=1S/C19H21NOSi/c1-12-10-13-6-4-7-14(16(13)11-12)18-15(19(20)21)8-5-9-17(18)22(2)3/h4-8,11H,9-10H2,1-3H3,(H2,20,21). The average Bonchev–Trinajstić information content (AvgIpc) is 2.86. The van der Waals surface area contributed by atoms with E-state index in [1.807, 2.05) is 6.08 Å². The number of benzene rings is 1. The first kappa shape index (κ1) is 14.9. The zero-order chi connectivity index (χ0) is 15.9. The minimum absolute atomic E-state index is 0.331. The molecule has 3 heteroatoms. The quantitative estimate of drug-likeness (QED) is 0.837. The Morgan fingerprint density at radius 1 is 1.27 bits per heavy atom. The van der Waals surface area contributed by atoms with Crippen LogP contribution in [0.3, 0.4) is 0 Å². The van der Waals surface area contributed by atoms with Crippen molar-refractivity contribution in [2.24, 2.45) is 5.73 Å². The predicted octanol–water partition coefficient (Wildman–Crippen LogP) is 3.35. The molecule has 0 saturated heterocycles. The number of hydrogen-bond donors (Lipinski definition) is 1. The van der Waals surface area contributed by atoms with Gasteiger partial charge in [0.25, 0.3) is 0 Å². The van der Waals surface area contributed by atoms with Gasteiger partial charge in [-0.25, -0.2) is 0 Å². The van der Waals surface area contributed by atoms with Crippen molar-refractivity contribution in [2.75, 3.05) is 0 Å². The summed E-state index contributed by atoms with van der Waals surface area (Å²) in [7, 11) is -0.647. The average molecular weight is 307 g/mol. The second-order valence-electron chi connectivity index (χ2n) is 6.28. The molecular formula is C19H21NOSi. The van der Waals surface area contributed by atoms with E-state index in [-0.39, 0.29) is 5.91 Å². The van der Waals surface area contributed by atoms with Crippen LogP contribution in [0.25, 0.3) is 11.6 Å². The number of primary amides is 1. The van der Waals surface area contributed by atoms with Crippen molar-refractivity contribution < 1.29 is 4.79 Å². The van der Waals surface area contributed by atoms with Crippen LogP contribution in [0, 0.1) is 0 Å². The van der Waals surface area contributed by atoms with Crippen LogP contribution in [0.5, 0.6) is 0 Å². The van der Waals surface area contributed by atoms with Crippen LogP contribution < -0.4 is 5.73 Å². The van der Waals surface area contributed by atoms with Gasteiger partial charge in [-0.05, 0) is 42.0 Å². The Balaban J connectivity index is 2.33. The van der Waals surface area contributed by atoms with Gasteiger partial charge in [-0.1, -0.05) is 60.3 Å². The third kappa shape index (κ3) is 2.46. The summed E-state index contributed by atoms with van der Waals surface area (Å²) in [5, 5.41) is 1.40. The maximum absolute atomic E-state index is 12.0. The van der Waals surface area contributed by atoms with Gasteiger partial charge >= 0.3 is 0 Å². The third-order valence-electron chi connectivity index (χ3n) is 4.37. The predicted molar refractivity (Wildman–Crippen MR) is 96.2 cm³/mol. The molecule has 0 atom stereocenters. The number of fused-ring (bicyclic) bond motifs is 1. The van der Waals surface area contributed by atoms with Crippen molar-refractivity contribution in [1.82, 2.24) is 0 Å². The molecule has 1 amide bonds. The smallest absolute Gasteiger partial charge is 0.249 e. The lowest BCUT2D eigenvalue weighted by Crippen LogP contribution is -2.23. The van der Waals surface area contributed by atoms with E-state index in [9.17, 15) is 4.79 Å². The topological polar surface area (TPSA) is 43.1 Å². The molecule has 112 valence electrons. The molecule has 0 aliphatic heterocycles. The van der Waals surface area contributed by atoms with Crippen LogP contribution in [0.2, 0.25) is 13.1 Å². The fourth-order valence-electron chi connectivity index (χ4n) is 3.36. The van der Waals surface area contributed by atoms with Gasteiger partial charge in [-0.15, -0.1) is 0 Å². The Morgan fingerprint density at radius 3 is 2.73 bits per heavy atom. The fraction of sp³-hybridized carbons (Fsp3) is 0.263. The number of amides is 1. The molecule has 0 spiro atoms. The summed E-state index contributed by atoms with van der Waals surface area (Å²) in [5.74, 6) is -0.331. The Morgan fingerprint density at radius 2 is 2.05 bits per heavy atom. The molecule has 0 fully saturated rings. The highest BCUT2D eigenvalue weighted by Crippen LogP contribution is 2.35. The zero-order valence-electron chi connectivity index (χ0n) is 13.4. The highest BCUT2D eigenvalue weighted by molar-refractivity contribution is 6.77. The van der Waals surface area contributed by atoms with Crippen LogP contribution in [0.4, 0.5) is 0 Å². The van der Waals surface area contributed by atoms with Crippen molar-refractivity contribution in [1.29, 1.82) is 0 Å². The van der Waals surface area contributed by atoms with E-state index in [0.29, 0.717) is 5.57 Å². The molecule has 0 aromatic heterocycles. The van der Waals surface area contributed by atoms with Gasteiger partial charge in [-0.3, -0.25) is 4.79 Å². The lowest BCUT2D eigenvalue weighted by molar-refractivity contribution is -0.114. The van der Waals surface area contributed by atoms with Gasteiger partial charge in [0.2, 0.25) is 5.91 Å². The molecule has 2 aliphatic carbocycles. The Kier molecular flexibility index (Phi) is 3.83. The molecule has 22 heavy (non-hydrogen) atoms. The van der Waals surface area contributed by atoms with Gasteiger partial charge in [0.1, 0.15) is 0 Å². The van der Waals surface area contributed by atoms with E-state index in [1.54, 1.807) is 0 Å². The number of carbonyl (C=O) groups is 1. The van der Waals surface area contributed by atoms with E-state index in [2.05, 4.69) is 50.4 Å². The first-order valence-corrected chi connectivity index (χ1v) is 10.2. The molecule has 0 saturated carbocycles. The maximum atomic E-state index is 12.0. The summed E-state index contributed by atoms with van der Waals surface area (Å²) in [6.07, 6.45) is 8.16. The third-order valence-corrected chi connectivity index (χ3v) is 6.03. The molecule has 2 aliphatic rings. The van der Waals surface area contributed by atoms with E-state index in [4.69, 9.17) is 5.73 Å². The summed E-state index contributed by atoms with van der Waals surface area (Å²) in [4.78, 5) is 12.0. The molecular weight excluding hydrogens is 286 g/mol. The van der Waals surface area contributed by atoms with Gasteiger partial charge in [0, 0.05) is 14.0 Å². The minimum atomic E-state index is -0.647. The monoisotopic (exact) mass is 307 g/mol. The highest BCUT2D eigenvalue weighted by atomic mass is 28.2. The molecule has 1 aromatic carbocycles. The molecule has 0 heterocycles. The second kappa shape index (κ2) is 5.65. The van der Waals surface area contributed by atoms with E-state index < -0.39 is 8.41 Å². The molecule has 0 radical (unpaired) electrons. The number of rotatable bonds is 2. The lowest BCUT2D eigenvalue weighted by Gasteiger charge is -2.22. The van der Waals surface area contributed by atoms with Crippen LogP contribution in [-0.4, -0.2) is 19.5 Å². The van der Waals surface area contributed by atoms with Crippen molar-refractivity contribution in [3.63, 3.8) is 0 Å². The Bertz CT molecular complexity index is 790. The van der Waals surface area contributed by atoms with Crippen LogP contribution in [0.15, 0.2) is 41.5 Å². The van der Waals surface area contributed by atoms with Crippen molar-refractivity contribution in [3.05, 3.63) is 58.2 Å². The maximum Gasteiger partial charge on any atom is 0.249 e. The molecule has 1 aromatic rings. The molecule has 3 rings (SSSR count). The minimum Gasteiger partial charge on any atom is -0.366 e. The first-order valence-electron chi connectivity index (χ1n) is 7.66. The first-order chi connectivity index (χ1) is 10.5. The number of hydrogen-bond acceptors (Lipinski definition) is 1. The van der Waals surface area contributed by atoms with E-state index >= 15 is 0 Å². The summed E-state index contributed by atoms with van der Waals surface area (Å²) in [5.41, 5.74) is 12.6. The van der Waals surface area contributed by atoms with E-state index in [1.165, 1.54) is 27.4 Å². The van der Waals surface area contributed by atoms with Gasteiger partial charge < -0.3 is 5.73 Å². The summed E-state index contributed by atoms with van der Waals surface area (Å²) < 4.78 is 0. The molecule has 0 bridgehead atoms. The number of nitrogens with two attached hydrogens (primary N) is 1. The van der Waals surface area contributed by atoms with Gasteiger partial charge in [0.15, 0.2) is 0 Å². The Hall–Kier alpha value is -2.00. The summed E-state index contributed by atoms with van der Waals surface area (Å²) >= 11 is 0. The van der Waals surface area contributed by atoms with Gasteiger partial charge in [0.05, 0.1) is 0 Å². The number of allylic oxidation sites excluding steroid dienone is 3. The van der Waals surface area contributed by atoms with Crippen LogP contribution >= 0.6 is 0 Å². The van der Waals surface area contributed by atoms with Crippen molar-refractivity contribution in [3.8, 4) is 0 Å². The normalized spacial score (nSPS) is 16.7. The van der Waals surface area contributed by atoms with E-state index in [0.717, 1.165) is 18.4 Å². The van der Waals surface area contributed by atoms with Crippen LogP contribution in [-0.2, 0) is 11.2 Å². The van der Waals surface area contributed by atoms with Crippen molar-refractivity contribution >= 4 is 31.1 Å². The zero-order valence-corrected chi connectivity index (χ0v) is 14.4. The van der Waals surface area contributed by atoms with Crippen LogP contribution in [0.1, 0.15) is 30.0 Å². The lowest BCUT2D eigenvalue weighted by atomic mass is 9.87. The second-order valence-corrected chi connectivity index (χ2v) is 8.89.